The topological polar surface area (TPSA) is 41.6 Å². The summed E-state index contributed by atoms with van der Waals surface area (Å²) in [6.45, 7) is 5.65. The maximum absolute atomic E-state index is 12.2. The van der Waals surface area contributed by atoms with Crippen LogP contribution in [-0.2, 0) is 11.3 Å². The van der Waals surface area contributed by atoms with Crippen molar-refractivity contribution in [3.05, 3.63) is 58.1 Å². The van der Waals surface area contributed by atoms with E-state index in [-0.39, 0.29) is 5.91 Å². The molecule has 4 nitrogen and oxygen atoms in total. The number of hydrogen-bond donors (Lipinski definition) is 1. The zero-order valence-electron chi connectivity index (χ0n) is 14.3. The van der Waals surface area contributed by atoms with Gasteiger partial charge in [0.15, 0.2) is 0 Å². The van der Waals surface area contributed by atoms with Crippen molar-refractivity contribution < 1.29 is 9.53 Å². The maximum Gasteiger partial charge on any atom is 0.238 e. The van der Waals surface area contributed by atoms with Crippen LogP contribution in [0.4, 0.5) is 5.69 Å². The molecule has 0 radical (unpaired) electrons. The SMILES string of the molecule is CCOc1ccc(CN(C)CC(=O)Nc2ccc(Br)cc2C)cc1. The Balaban J connectivity index is 1.86. The fraction of sp³-hybridized carbons (Fsp3) is 0.316. The van der Waals surface area contributed by atoms with Crippen molar-refractivity contribution >= 4 is 27.5 Å². The van der Waals surface area contributed by atoms with E-state index in [2.05, 4.69) is 21.2 Å². The number of anilines is 1. The third-order valence-corrected chi connectivity index (χ3v) is 4.06. The Kier molecular flexibility index (Phi) is 6.82. The minimum atomic E-state index is -0.0196. The molecule has 5 heteroatoms. The molecule has 0 heterocycles. The first-order valence-corrected chi connectivity index (χ1v) is 8.73. The van der Waals surface area contributed by atoms with Gasteiger partial charge in [0.2, 0.25) is 5.91 Å². The lowest BCUT2D eigenvalue weighted by molar-refractivity contribution is -0.117. The van der Waals surface area contributed by atoms with Crippen LogP contribution >= 0.6 is 15.9 Å². The van der Waals surface area contributed by atoms with Crippen molar-refractivity contribution in [3.63, 3.8) is 0 Å². The van der Waals surface area contributed by atoms with Gasteiger partial charge in [-0.15, -0.1) is 0 Å². The largest absolute Gasteiger partial charge is 0.494 e. The van der Waals surface area contributed by atoms with Gasteiger partial charge >= 0.3 is 0 Å². The molecule has 1 amide bonds. The van der Waals surface area contributed by atoms with Crippen molar-refractivity contribution in [1.29, 1.82) is 0 Å². The summed E-state index contributed by atoms with van der Waals surface area (Å²) >= 11 is 3.42. The summed E-state index contributed by atoms with van der Waals surface area (Å²) in [6.07, 6.45) is 0. The number of nitrogens with one attached hydrogen (secondary N) is 1. The fourth-order valence-corrected chi connectivity index (χ4v) is 2.90. The normalized spacial score (nSPS) is 10.7. The van der Waals surface area contributed by atoms with E-state index in [1.165, 1.54) is 0 Å². The van der Waals surface area contributed by atoms with Gasteiger partial charge in [-0.2, -0.15) is 0 Å². The summed E-state index contributed by atoms with van der Waals surface area (Å²) in [5.74, 6) is 0.848. The van der Waals surface area contributed by atoms with Crippen LogP contribution < -0.4 is 10.1 Å². The molecule has 0 saturated carbocycles. The number of amides is 1. The van der Waals surface area contributed by atoms with Gasteiger partial charge in [-0.3, -0.25) is 9.69 Å². The zero-order valence-corrected chi connectivity index (χ0v) is 15.9. The molecule has 0 atom stereocenters. The second-order valence-corrected chi connectivity index (χ2v) is 6.67. The third kappa shape index (κ3) is 5.65. The van der Waals surface area contributed by atoms with Gasteiger partial charge < -0.3 is 10.1 Å². The standard InChI is InChI=1S/C19H23BrN2O2/c1-4-24-17-8-5-15(6-9-17)12-22(3)13-19(23)21-18-10-7-16(20)11-14(18)2/h5-11H,4,12-13H2,1-3H3,(H,21,23). The number of benzene rings is 2. The third-order valence-electron chi connectivity index (χ3n) is 3.56. The quantitative estimate of drug-likeness (QED) is 0.768. The minimum absolute atomic E-state index is 0.0196. The van der Waals surface area contributed by atoms with Crippen LogP contribution in [0.1, 0.15) is 18.1 Å². The number of likely N-dealkylation sites (N-methyl/N-ethyl adjacent to an activating group) is 1. The lowest BCUT2D eigenvalue weighted by Gasteiger charge is -2.17. The highest BCUT2D eigenvalue weighted by Crippen LogP contribution is 2.20. The first-order valence-electron chi connectivity index (χ1n) is 7.94. The number of nitrogens with zero attached hydrogens (tertiary/aromatic N) is 1. The van der Waals surface area contributed by atoms with Crippen LogP contribution in [0.25, 0.3) is 0 Å². The number of carbonyl (C=O) groups excluding carboxylic acids is 1. The van der Waals surface area contributed by atoms with E-state index >= 15 is 0 Å². The molecule has 0 unspecified atom stereocenters. The summed E-state index contributed by atoms with van der Waals surface area (Å²) in [6, 6.07) is 13.8. The molecule has 0 aliphatic rings. The van der Waals surface area contributed by atoms with Crippen molar-refractivity contribution in [3.8, 4) is 5.75 Å². The molecule has 0 saturated heterocycles. The van der Waals surface area contributed by atoms with Gasteiger partial charge in [0.25, 0.3) is 0 Å². The molecular weight excluding hydrogens is 368 g/mol. The second kappa shape index (κ2) is 8.85. The predicted molar refractivity (Wildman–Crippen MR) is 101 cm³/mol. The molecule has 0 bridgehead atoms. The lowest BCUT2D eigenvalue weighted by Crippen LogP contribution is -2.30. The monoisotopic (exact) mass is 390 g/mol. The molecule has 2 aromatic carbocycles. The number of halogens is 1. The molecule has 0 aliphatic carbocycles. The van der Waals surface area contributed by atoms with E-state index in [9.17, 15) is 4.79 Å². The average molecular weight is 391 g/mol. The van der Waals surface area contributed by atoms with Gasteiger partial charge in [0, 0.05) is 16.7 Å². The number of carbonyl (C=O) groups is 1. The first-order chi connectivity index (χ1) is 11.5. The second-order valence-electron chi connectivity index (χ2n) is 5.76. The summed E-state index contributed by atoms with van der Waals surface area (Å²) in [5.41, 5.74) is 3.03. The Hall–Kier alpha value is -1.85. The van der Waals surface area contributed by atoms with Gasteiger partial charge in [-0.05, 0) is 62.4 Å². The molecule has 128 valence electrons. The van der Waals surface area contributed by atoms with Gasteiger partial charge in [-0.1, -0.05) is 28.1 Å². The molecule has 0 fully saturated rings. The van der Waals surface area contributed by atoms with Crippen LogP contribution in [0.5, 0.6) is 5.75 Å². The van der Waals surface area contributed by atoms with E-state index in [0.717, 1.165) is 27.0 Å². The van der Waals surface area contributed by atoms with E-state index in [0.29, 0.717) is 19.7 Å². The summed E-state index contributed by atoms with van der Waals surface area (Å²) in [4.78, 5) is 14.2. The number of ether oxygens (including phenoxy) is 1. The molecule has 0 spiro atoms. The molecule has 0 aliphatic heterocycles. The highest BCUT2D eigenvalue weighted by molar-refractivity contribution is 9.10. The van der Waals surface area contributed by atoms with Gasteiger partial charge in [-0.25, -0.2) is 0 Å². The summed E-state index contributed by atoms with van der Waals surface area (Å²) in [5, 5.41) is 2.96. The average Bonchev–Trinajstić information content (AvgIpc) is 2.52. The number of aryl methyl sites for hydroxylation is 1. The first kappa shape index (κ1) is 18.5. The van der Waals surface area contributed by atoms with Crippen molar-refractivity contribution in [2.45, 2.75) is 20.4 Å². The molecule has 0 aromatic heterocycles. The minimum Gasteiger partial charge on any atom is -0.494 e. The van der Waals surface area contributed by atoms with Crippen molar-refractivity contribution in [1.82, 2.24) is 4.90 Å². The molecule has 24 heavy (non-hydrogen) atoms. The zero-order chi connectivity index (χ0) is 17.5. The van der Waals surface area contributed by atoms with Crippen LogP contribution in [0.3, 0.4) is 0 Å². The Labute approximate surface area is 151 Å². The van der Waals surface area contributed by atoms with Crippen LogP contribution in [0.15, 0.2) is 46.9 Å². The van der Waals surface area contributed by atoms with E-state index in [4.69, 9.17) is 4.74 Å². The fourth-order valence-electron chi connectivity index (χ4n) is 2.43. The van der Waals surface area contributed by atoms with Gasteiger partial charge in [0.05, 0.1) is 13.2 Å². The Morgan fingerprint density at radius 1 is 1.21 bits per heavy atom. The van der Waals surface area contributed by atoms with Crippen LogP contribution in [-0.4, -0.2) is 31.0 Å². The highest BCUT2D eigenvalue weighted by atomic mass is 79.9. The predicted octanol–water partition coefficient (Wildman–Crippen LogP) is 4.23. The van der Waals surface area contributed by atoms with Crippen LogP contribution in [0, 0.1) is 6.92 Å². The number of hydrogen-bond acceptors (Lipinski definition) is 3. The van der Waals surface area contributed by atoms with Crippen LogP contribution in [0.2, 0.25) is 0 Å². The summed E-state index contributed by atoms with van der Waals surface area (Å²) < 4.78 is 6.44. The van der Waals surface area contributed by atoms with E-state index < -0.39 is 0 Å². The van der Waals surface area contributed by atoms with Crippen molar-refractivity contribution in [2.75, 3.05) is 25.5 Å². The smallest absolute Gasteiger partial charge is 0.238 e. The van der Waals surface area contributed by atoms with Crippen molar-refractivity contribution in [2.24, 2.45) is 0 Å². The highest BCUT2D eigenvalue weighted by Gasteiger charge is 2.09. The molecule has 2 rings (SSSR count). The Morgan fingerprint density at radius 3 is 2.54 bits per heavy atom. The van der Waals surface area contributed by atoms with Gasteiger partial charge in [0.1, 0.15) is 5.75 Å². The number of rotatable bonds is 7. The Bertz CT molecular complexity index is 686. The molecule has 1 N–H and O–H groups in total. The Morgan fingerprint density at radius 2 is 1.92 bits per heavy atom. The summed E-state index contributed by atoms with van der Waals surface area (Å²) in [7, 11) is 1.93. The molecule has 2 aromatic rings. The van der Waals surface area contributed by atoms with E-state index in [1.807, 2.05) is 68.3 Å². The molecular formula is C19H23BrN2O2. The van der Waals surface area contributed by atoms with E-state index in [1.54, 1.807) is 0 Å². The lowest BCUT2D eigenvalue weighted by atomic mass is 10.2. The maximum atomic E-state index is 12.2.